The van der Waals surface area contributed by atoms with E-state index in [4.69, 9.17) is 10.8 Å². The van der Waals surface area contributed by atoms with Gasteiger partial charge in [-0.05, 0) is 28.8 Å². The molecule has 2 aromatic rings. The maximum atomic E-state index is 11.3. The van der Waals surface area contributed by atoms with Crippen LogP contribution in [0.3, 0.4) is 0 Å². The number of hydrogen-bond acceptors (Lipinski definition) is 4. The van der Waals surface area contributed by atoms with E-state index in [0.29, 0.717) is 5.56 Å². The second kappa shape index (κ2) is 7.15. The molecule has 7 nitrogen and oxygen atoms in total. The van der Waals surface area contributed by atoms with Crippen molar-refractivity contribution in [2.24, 2.45) is 5.73 Å². The van der Waals surface area contributed by atoms with Gasteiger partial charge in [0, 0.05) is 12.0 Å². The highest BCUT2D eigenvalue weighted by Crippen LogP contribution is 2.43. The minimum atomic E-state index is -4.41. The summed E-state index contributed by atoms with van der Waals surface area (Å²) in [6.07, 6.45) is -0.801. The number of aliphatic carboxylic acids is 1. The number of nitrogens with two attached hydrogens (primary N) is 1. The van der Waals surface area contributed by atoms with Gasteiger partial charge in [0.25, 0.3) is 0 Å². The zero-order valence-corrected chi connectivity index (χ0v) is 13.6. The molecule has 0 radical (unpaired) electrons. The van der Waals surface area contributed by atoms with Gasteiger partial charge in [-0.1, -0.05) is 30.3 Å². The van der Waals surface area contributed by atoms with E-state index in [9.17, 15) is 24.3 Å². The van der Waals surface area contributed by atoms with Gasteiger partial charge in [0.1, 0.15) is 11.8 Å². The van der Waals surface area contributed by atoms with Crippen LogP contribution < -0.4 is 5.73 Å². The molecule has 0 bridgehead atoms. The largest absolute Gasteiger partial charge is 0.507 e. The first-order chi connectivity index (χ1) is 11.2. The topological polar surface area (TPSA) is 141 Å². The number of hydrogen-bond donors (Lipinski definition) is 5. The summed E-state index contributed by atoms with van der Waals surface area (Å²) in [6, 6.07) is 10.9. The molecule has 0 aliphatic rings. The standard InChI is InChI=1S/C16H18NO6P/c17-14(16(19)20)8-12-6-11(10-4-2-1-3-5-10)7-13(15(12)18)9-24(21,22)23/h1-7,14,18H,8-9,17H2,(H,19,20)(H2,21,22,23)/t14-/m0/s1. The molecule has 0 unspecified atom stereocenters. The van der Waals surface area contributed by atoms with Crippen molar-refractivity contribution >= 4 is 13.6 Å². The van der Waals surface area contributed by atoms with Crippen LogP contribution in [0.25, 0.3) is 11.1 Å². The normalized spacial score (nSPS) is 12.8. The third kappa shape index (κ3) is 4.66. The van der Waals surface area contributed by atoms with Gasteiger partial charge in [-0.2, -0.15) is 0 Å². The van der Waals surface area contributed by atoms with Crippen molar-refractivity contribution in [3.8, 4) is 16.9 Å². The molecule has 6 N–H and O–H groups in total. The van der Waals surface area contributed by atoms with Crippen molar-refractivity contribution in [2.45, 2.75) is 18.6 Å². The molecule has 2 rings (SSSR count). The molecule has 0 spiro atoms. The predicted octanol–water partition coefficient (Wildman–Crippen LogP) is 1.69. The average Bonchev–Trinajstić information content (AvgIpc) is 2.50. The summed E-state index contributed by atoms with van der Waals surface area (Å²) in [5.74, 6) is -1.56. The zero-order valence-electron chi connectivity index (χ0n) is 12.7. The Morgan fingerprint density at radius 1 is 1.08 bits per heavy atom. The van der Waals surface area contributed by atoms with Crippen LogP contribution in [0.4, 0.5) is 0 Å². The molecule has 24 heavy (non-hydrogen) atoms. The van der Waals surface area contributed by atoms with Gasteiger partial charge in [-0.25, -0.2) is 0 Å². The maximum absolute atomic E-state index is 11.3. The summed E-state index contributed by atoms with van der Waals surface area (Å²) < 4.78 is 11.3. The van der Waals surface area contributed by atoms with Crippen molar-refractivity contribution < 1.29 is 29.4 Å². The lowest BCUT2D eigenvalue weighted by atomic mass is 9.96. The lowest BCUT2D eigenvalue weighted by molar-refractivity contribution is -0.138. The van der Waals surface area contributed by atoms with Gasteiger partial charge in [-0.3, -0.25) is 9.36 Å². The predicted molar refractivity (Wildman–Crippen MR) is 88.6 cm³/mol. The molecular formula is C16H18NO6P. The fraction of sp³-hybridized carbons (Fsp3) is 0.188. The van der Waals surface area contributed by atoms with E-state index >= 15 is 0 Å². The molecule has 0 saturated heterocycles. The number of phenols is 1. The van der Waals surface area contributed by atoms with Crippen LogP contribution in [0.1, 0.15) is 11.1 Å². The first-order valence-corrected chi connectivity index (χ1v) is 8.90. The smallest absolute Gasteiger partial charge is 0.330 e. The Bertz CT molecular complexity index is 787. The van der Waals surface area contributed by atoms with E-state index in [1.165, 1.54) is 6.07 Å². The zero-order chi connectivity index (χ0) is 17.9. The maximum Gasteiger partial charge on any atom is 0.330 e. The molecule has 8 heteroatoms. The molecule has 0 heterocycles. The highest BCUT2D eigenvalue weighted by atomic mass is 31.2. The number of phenolic OH excluding ortho intramolecular Hbond substituents is 1. The molecule has 128 valence electrons. The van der Waals surface area contributed by atoms with Crippen molar-refractivity contribution in [2.75, 3.05) is 0 Å². The monoisotopic (exact) mass is 351 g/mol. The number of aromatic hydroxyl groups is 1. The fourth-order valence-electron chi connectivity index (χ4n) is 2.38. The van der Waals surface area contributed by atoms with E-state index in [0.717, 1.165) is 5.56 Å². The number of carboxylic acid groups (broad SMARTS) is 1. The van der Waals surface area contributed by atoms with E-state index in [-0.39, 0.29) is 23.3 Å². The molecule has 0 aliphatic carbocycles. The van der Waals surface area contributed by atoms with Gasteiger partial charge >= 0.3 is 13.6 Å². The van der Waals surface area contributed by atoms with Crippen LogP contribution in [0.2, 0.25) is 0 Å². The van der Waals surface area contributed by atoms with E-state index in [1.807, 2.05) is 6.07 Å². The van der Waals surface area contributed by atoms with Crippen molar-refractivity contribution in [1.82, 2.24) is 0 Å². The van der Waals surface area contributed by atoms with Crippen molar-refractivity contribution in [3.63, 3.8) is 0 Å². The Morgan fingerprint density at radius 3 is 2.21 bits per heavy atom. The highest BCUT2D eigenvalue weighted by molar-refractivity contribution is 7.50. The molecule has 0 fully saturated rings. The van der Waals surface area contributed by atoms with Gasteiger partial charge in [0.15, 0.2) is 0 Å². The molecular weight excluding hydrogens is 333 g/mol. The third-order valence-corrected chi connectivity index (χ3v) is 4.26. The molecule has 0 aromatic heterocycles. The van der Waals surface area contributed by atoms with E-state index in [1.54, 1.807) is 30.3 Å². The summed E-state index contributed by atoms with van der Waals surface area (Å²) in [6.45, 7) is 0. The SMILES string of the molecule is N[C@@H](Cc1cc(-c2ccccc2)cc(CP(=O)(O)O)c1O)C(=O)O. The lowest BCUT2D eigenvalue weighted by Gasteiger charge is -2.15. The summed E-state index contributed by atoms with van der Waals surface area (Å²) in [5, 5.41) is 19.2. The van der Waals surface area contributed by atoms with Gasteiger partial charge in [0.2, 0.25) is 0 Å². The first-order valence-electron chi connectivity index (χ1n) is 7.10. The van der Waals surface area contributed by atoms with E-state index < -0.39 is 25.8 Å². The molecule has 0 saturated carbocycles. The Hall–Kier alpha value is -2.18. The summed E-state index contributed by atoms with van der Waals surface area (Å²) >= 11 is 0. The van der Waals surface area contributed by atoms with Crippen LogP contribution in [0.15, 0.2) is 42.5 Å². The Morgan fingerprint density at radius 2 is 1.67 bits per heavy atom. The second-order valence-electron chi connectivity index (χ2n) is 5.48. The second-order valence-corrected chi connectivity index (χ2v) is 7.13. The van der Waals surface area contributed by atoms with Crippen molar-refractivity contribution in [1.29, 1.82) is 0 Å². The van der Waals surface area contributed by atoms with Crippen molar-refractivity contribution in [3.05, 3.63) is 53.6 Å². The van der Waals surface area contributed by atoms with Crippen LogP contribution in [0, 0.1) is 0 Å². The Labute approximate surface area is 138 Å². The molecule has 1 atom stereocenters. The Kier molecular flexibility index (Phi) is 5.41. The lowest BCUT2D eigenvalue weighted by Crippen LogP contribution is -2.32. The minimum Gasteiger partial charge on any atom is -0.507 e. The average molecular weight is 351 g/mol. The van der Waals surface area contributed by atoms with Crippen LogP contribution in [0.5, 0.6) is 5.75 Å². The summed E-state index contributed by atoms with van der Waals surface area (Å²) in [4.78, 5) is 29.4. The number of benzene rings is 2. The van der Waals surface area contributed by atoms with Crippen LogP contribution in [-0.4, -0.2) is 32.0 Å². The summed E-state index contributed by atoms with van der Waals surface area (Å²) in [7, 11) is -4.41. The van der Waals surface area contributed by atoms with Crippen LogP contribution >= 0.6 is 7.60 Å². The molecule has 0 amide bonds. The first kappa shape index (κ1) is 18.2. The third-order valence-electron chi connectivity index (χ3n) is 3.51. The highest BCUT2D eigenvalue weighted by Gasteiger charge is 2.22. The number of rotatable bonds is 6. The number of carboxylic acids is 1. The number of carbonyl (C=O) groups is 1. The quantitative estimate of drug-likeness (QED) is 0.499. The Balaban J connectivity index is 2.54. The van der Waals surface area contributed by atoms with Gasteiger partial charge in [0.05, 0.1) is 6.16 Å². The van der Waals surface area contributed by atoms with Gasteiger partial charge < -0.3 is 25.7 Å². The van der Waals surface area contributed by atoms with Crippen LogP contribution in [-0.2, 0) is 21.9 Å². The summed E-state index contributed by atoms with van der Waals surface area (Å²) in [5.41, 5.74) is 7.19. The fourth-order valence-corrected chi connectivity index (χ4v) is 3.06. The molecule has 2 aromatic carbocycles. The molecule has 0 aliphatic heterocycles. The van der Waals surface area contributed by atoms with E-state index in [2.05, 4.69) is 0 Å². The minimum absolute atomic E-state index is 0.0530. The van der Waals surface area contributed by atoms with Gasteiger partial charge in [-0.15, -0.1) is 0 Å².